The Hall–Kier alpha value is -3.62. The number of nitrogens with zero attached hydrogens (tertiary/aromatic N) is 2. The minimum Gasteiger partial charge on any atom is -0.493 e. The van der Waals surface area contributed by atoms with E-state index in [9.17, 15) is 5.26 Å². The second kappa shape index (κ2) is 8.17. The van der Waals surface area contributed by atoms with Crippen molar-refractivity contribution in [1.82, 2.24) is 4.98 Å². The zero-order chi connectivity index (χ0) is 20.2. The molecule has 0 saturated heterocycles. The van der Waals surface area contributed by atoms with E-state index >= 15 is 0 Å². The predicted octanol–water partition coefficient (Wildman–Crippen LogP) is 6.04. The highest BCUT2D eigenvalue weighted by Gasteiger charge is 2.12. The van der Waals surface area contributed by atoms with Gasteiger partial charge in [-0.25, -0.2) is 4.98 Å². The van der Waals surface area contributed by atoms with E-state index in [1.807, 2.05) is 53.9 Å². The molecule has 0 fully saturated rings. The third-order valence-corrected chi connectivity index (χ3v) is 5.53. The van der Waals surface area contributed by atoms with Gasteiger partial charge >= 0.3 is 0 Å². The first-order valence-electron chi connectivity index (χ1n) is 9.01. The molecular weight excluding hydrogens is 380 g/mol. The maximum absolute atomic E-state index is 9.76. The first-order chi connectivity index (χ1) is 14.2. The van der Waals surface area contributed by atoms with E-state index in [0.29, 0.717) is 22.1 Å². The monoisotopic (exact) mass is 398 g/mol. The quantitative estimate of drug-likeness (QED) is 0.384. The summed E-state index contributed by atoms with van der Waals surface area (Å²) in [4.78, 5) is 4.69. The third kappa shape index (κ3) is 3.71. The molecule has 0 aliphatic rings. The van der Waals surface area contributed by atoms with E-state index < -0.39 is 0 Å². The van der Waals surface area contributed by atoms with E-state index in [1.54, 1.807) is 14.2 Å². The van der Waals surface area contributed by atoms with Crippen LogP contribution >= 0.6 is 11.3 Å². The number of aromatic nitrogens is 1. The Morgan fingerprint density at radius 1 is 1.00 bits per heavy atom. The zero-order valence-electron chi connectivity index (χ0n) is 16.0. The van der Waals surface area contributed by atoms with Gasteiger partial charge in [-0.15, -0.1) is 11.3 Å². The highest BCUT2D eigenvalue weighted by molar-refractivity contribution is 7.11. The average Bonchev–Trinajstić information content (AvgIpc) is 3.27. The van der Waals surface area contributed by atoms with Gasteiger partial charge in [0, 0.05) is 10.9 Å². The fourth-order valence-corrected chi connectivity index (χ4v) is 3.99. The van der Waals surface area contributed by atoms with Gasteiger partial charge in [-0.3, -0.25) is 0 Å². The van der Waals surface area contributed by atoms with Gasteiger partial charge in [-0.1, -0.05) is 42.5 Å². The molecule has 3 aromatic carbocycles. The number of hydrogen-bond acceptors (Lipinski definition) is 5. The second-order valence-electron chi connectivity index (χ2n) is 6.35. The molecule has 1 heterocycles. The summed E-state index contributed by atoms with van der Waals surface area (Å²) in [6.45, 7) is 0. The molecule has 4 nitrogen and oxygen atoms in total. The van der Waals surface area contributed by atoms with E-state index in [1.165, 1.54) is 11.3 Å². The summed E-state index contributed by atoms with van der Waals surface area (Å²) in [6, 6.07) is 22.2. The van der Waals surface area contributed by atoms with Crippen molar-refractivity contribution in [3.05, 3.63) is 76.6 Å². The van der Waals surface area contributed by atoms with Crippen molar-refractivity contribution in [2.45, 2.75) is 0 Å². The largest absolute Gasteiger partial charge is 0.493 e. The lowest BCUT2D eigenvalue weighted by Crippen LogP contribution is -1.91. The normalized spacial score (nSPS) is 11.3. The molecule has 5 heteroatoms. The molecule has 0 atom stereocenters. The van der Waals surface area contributed by atoms with Crippen LogP contribution in [0, 0.1) is 11.3 Å². The molecule has 0 radical (unpaired) electrons. The van der Waals surface area contributed by atoms with Crippen LogP contribution in [0.25, 0.3) is 33.7 Å². The maximum atomic E-state index is 9.76. The number of thiazole rings is 1. The minimum absolute atomic E-state index is 0.540. The van der Waals surface area contributed by atoms with Crippen molar-refractivity contribution >= 4 is 33.8 Å². The molecule has 142 valence electrons. The van der Waals surface area contributed by atoms with Crippen LogP contribution in [0.2, 0.25) is 0 Å². The van der Waals surface area contributed by atoms with Crippen molar-refractivity contribution in [1.29, 1.82) is 5.26 Å². The lowest BCUT2D eigenvalue weighted by molar-refractivity contribution is 0.355. The van der Waals surface area contributed by atoms with Crippen molar-refractivity contribution in [3.8, 4) is 28.8 Å². The highest BCUT2D eigenvalue weighted by Crippen LogP contribution is 2.34. The van der Waals surface area contributed by atoms with Crippen molar-refractivity contribution in [2.75, 3.05) is 14.2 Å². The van der Waals surface area contributed by atoms with Gasteiger partial charge in [0.2, 0.25) is 0 Å². The average molecular weight is 398 g/mol. The van der Waals surface area contributed by atoms with Crippen LogP contribution in [-0.4, -0.2) is 19.2 Å². The van der Waals surface area contributed by atoms with Crippen LogP contribution in [0.5, 0.6) is 11.5 Å². The van der Waals surface area contributed by atoms with Crippen LogP contribution < -0.4 is 9.47 Å². The molecule has 0 aliphatic heterocycles. The molecule has 0 saturated carbocycles. The Balaban J connectivity index is 1.73. The number of ether oxygens (including phenoxy) is 2. The first kappa shape index (κ1) is 18.7. The summed E-state index contributed by atoms with van der Waals surface area (Å²) in [7, 11) is 3.21. The molecule has 1 aromatic heterocycles. The van der Waals surface area contributed by atoms with Gasteiger partial charge in [0.15, 0.2) is 11.5 Å². The van der Waals surface area contributed by atoms with Crippen LogP contribution in [-0.2, 0) is 0 Å². The Morgan fingerprint density at radius 3 is 2.59 bits per heavy atom. The Bertz CT molecular complexity index is 1250. The molecule has 0 spiro atoms. The standard InChI is InChI=1S/C24H18N2O2S/c1-27-22-11-10-18(13-23(22)28-2)21-15-29-24(26-21)19(14-25)12-17-8-5-7-16-6-3-4-9-20(16)17/h3-13,15H,1-2H3. The van der Waals surface area contributed by atoms with Gasteiger partial charge in [-0.05, 0) is 40.6 Å². The van der Waals surface area contributed by atoms with Crippen molar-refractivity contribution in [2.24, 2.45) is 0 Å². The second-order valence-corrected chi connectivity index (χ2v) is 7.20. The van der Waals surface area contributed by atoms with Gasteiger partial charge in [0.1, 0.15) is 11.1 Å². The Morgan fingerprint density at radius 2 is 1.79 bits per heavy atom. The SMILES string of the molecule is COc1ccc(-c2csc(C(C#N)=Cc3cccc4ccccc34)n2)cc1OC. The zero-order valence-corrected chi connectivity index (χ0v) is 16.9. The summed E-state index contributed by atoms with van der Waals surface area (Å²) in [6.07, 6.45) is 1.90. The molecule has 0 unspecified atom stereocenters. The number of allylic oxidation sites excluding steroid dienone is 1. The van der Waals surface area contributed by atoms with Gasteiger partial charge < -0.3 is 9.47 Å². The Kier molecular flexibility index (Phi) is 5.28. The number of hydrogen-bond donors (Lipinski definition) is 0. The van der Waals surface area contributed by atoms with E-state index in [2.05, 4.69) is 24.3 Å². The van der Waals surface area contributed by atoms with Crippen LogP contribution in [0.1, 0.15) is 10.6 Å². The van der Waals surface area contributed by atoms with Crippen molar-refractivity contribution in [3.63, 3.8) is 0 Å². The van der Waals surface area contributed by atoms with Gasteiger partial charge in [-0.2, -0.15) is 5.26 Å². The van der Waals surface area contributed by atoms with Gasteiger partial charge in [0.05, 0.1) is 25.5 Å². The number of nitriles is 1. The molecular formula is C24H18N2O2S. The molecule has 29 heavy (non-hydrogen) atoms. The lowest BCUT2D eigenvalue weighted by Gasteiger charge is -2.08. The van der Waals surface area contributed by atoms with Crippen molar-refractivity contribution < 1.29 is 9.47 Å². The molecule has 0 aliphatic carbocycles. The third-order valence-electron chi connectivity index (χ3n) is 4.66. The first-order valence-corrected chi connectivity index (χ1v) is 9.89. The number of fused-ring (bicyclic) bond motifs is 1. The fraction of sp³-hybridized carbons (Fsp3) is 0.0833. The van der Waals surface area contributed by atoms with E-state index in [0.717, 1.165) is 27.6 Å². The summed E-state index contributed by atoms with van der Waals surface area (Å²) in [5.74, 6) is 1.31. The summed E-state index contributed by atoms with van der Waals surface area (Å²) in [5.41, 5.74) is 3.25. The topological polar surface area (TPSA) is 55.1 Å². The van der Waals surface area contributed by atoms with Crippen LogP contribution in [0.4, 0.5) is 0 Å². The van der Waals surface area contributed by atoms with E-state index in [-0.39, 0.29) is 0 Å². The summed E-state index contributed by atoms with van der Waals surface area (Å²) >= 11 is 1.45. The highest BCUT2D eigenvalue weighted by atomic mass is 32.1. The summed E-state index contributed by atoms with van der Waals surface area (Å²) in [5, 5.41) is 14.6. The number of rotatable bonds is 5. The molecule has 4 rings (SSSR count). The molecule has 0 bridgehead atoms. The number of methoxy groups -OCH3 is 2. The smallest absolute Gasteiger partial charge is 0.161 e. The van der Waals surface area contributed by atoms with Crippen LogP contribution in [0.3, 0.4) is 0 Å². The van der Waals surface area contributed by atoms with Gasteiger partial charge in [0.25, 0.3) is 0 Å². The fourth-order valence-electron chi connectivity index (χ4n) is 3.20. The molecule has 0 amide bonds. The molecule has 4 aromatic rings. The van der Waals surface area contributed by atoms with E-state index in [4.69, 9.17) is 14.5 Å². The lowest BCUT2D eigenvalue weighted by atomic mass is 10.0. The van der Waals surface area contributed by atoms with Crippen LogP contribution in [0.15, 0.2) is 66.0 Å². The minimum atomic E-state index is 0.540. The number of benzene rings is 3. The molecule has 0 N–H and O–H groups in total. The summed E-state index contributed by atoms with van der Waals surface area (Å²) < 4.78 is 10.7. The maximum Gasteiger partial charge on any atom is 0.161 e. The Labute approximate surface area is 173 Å². The predicted molar refractivity (Wildman–Crippen MR) is 118 cm³/mol.